The number of rotatable bonds is 5. The Morgan fingerprint density at radius 3 is 1.82 bits per heavy atom. The van der Waals surface area contributed by atoms with E-state index in [1.54, 1.807) is 0 Å². The number of nitrogens with zero attached hydrogens (tertiary/aromatic N) is 4. The molecule has 0 bridgehead atoms. The van der Waals surface area contributed by atoms with Crippen molar-refractivity contribution in [2.75, 3.05) is 16.5 Å². The molecule has 0 N–H and O–H groups in total. The second kappa shape index (κ2) is 12.2. The second-order valence-corrected chi connectivity index (χ2v) is 19.5. The molecule has 0 unspecified atom stereocenters. The van der Waals surface area contributed by atoms with Crippen molar-refractivity contribution in [3.05, 3.63) is 143 Å². The van der Waals surface area contributed by atoms with Crippen LogP contribution in [0.1, 0.15) is 104 Å². The molecule has 284 valence electrons. The van der Waals surface area contributed by atoms with Crippen molar-refractivity contribution in [1.29, 1.82) is 0 Å². The number of pyridine rings is 1. The Balaban J connectivity index is 1.12. The SMILES string of the molecule is CC(C)(C)c1cc(N2CN(c3cccc(Oc4cc5c6c7c(cccc7n(-c7cc(C(C)(C)C)ccn7)c6c4)C5(C)C)c3)c3ccccc32)cc(C(C)(C)C)c1. The molecule has 3 heterocycles. The number of benzene rings is 5. The molecule has 0 atom stereocenters. The topological polar surface area (TPSA) is 33.5 Å². The molecule has 2 aromatic heterocycles. The summed E-state index contributed by atoms with van der Waals surface area (Å²) in [6.07, 6.45) is 1.95. The van der Waals surface area contributed by atoms with Crippen LogP contribution >= 0.6 is 0 Å². The molecule has 0 saturated carbocycles. The van der Waals surface area contributed by atoms with Crippen molar-refractivity contribution in [3.63, 3.8) is 0 Å². The zero-order valence-corrected chi connectivity index (χ0v) is 34.9. The molecule has 0 spiro atoms. The van der Waals surface area contributed by atoms with Gasteiger partial charge >= 0.3 is 0 Å². The van der Waals surface area contributed by atoms with Gasteiger partial charge in [-0.3, -0.25) is 4.57 Å². The van der Waals surface area contributed by atoms with Crippen LogP contribution in [0.3, 0.4) is 0 Å². The summed E-state index contributed by atoms with van der Waals surface area (Å²) in [5.41, 5.74) is 13.5. The molecule has 1 aliphatic carbocycles. The van der Waals surface area contributed by atoms with Crippen LogP contribution in [0, 0.1) is 0 Å². The third-order valence-corrected chi connectivity index (χ3v) is 12.1. The van der Waals surface area contributed by atoms with E-state index < -0.39 is 0 Å². The summed E-state index contributed by atoms with van der Waals surface area (Å²) in [6.45, 7) is 26.0. The van der Waals surface area contributed by atoms with Crippen LogP contribution < -0.4 is 14.5 Å². The normalized spacial score (nSPS) is 15.1. The van der Waals surface area contributed by atoms with Gasteiger partial charge in [0.05, 0.1) is 22.4 Å². The van der Waals surface area contributed by atoms with E-state index in [2.05, 4.69) is 200 Å². The molecular formula is C51H54N4O. The van der Waals surface area contributed by atoms with Gasteiger partial charge in [-0.2, -0.15) is 0 Å². The average Bonchev–Trinajstić information content (AvgIpc) is 3.77. The Kier molecular flexibility index (Phi) is 7.88. The second-order valence-electron chi connectivity index (χ2n) is 19.5. The number of hydrogen-bond donors (Lipinski definition) is 0. The van der Waals surface area contributed by atoms with Crippen molar-refractivity contribution >= 4 is 44.6 Å². The van der Waals surface area contributed by atoms with Crippen LogP contribution in [0.2, 0.25) is 0 Å². The highest BCUT2D eigenvalue weighted by Crippen LogP contribution is 2.53. The van der Waals surface area contributed by atoms with Crippen LogP contribution in [-0.2, 0) is 21.7 Å². The molecule has 5 nitrogen and oxygen atoms in total. The standard InChI is InChI=1S/C51H54N4O/c1-48(2,3)32-22-23-52-45(27-32)55-43-21-15-18-39-46(43)47-40(51(39,10)11)29-38(30-44(47)55)56-37-17-14-16-35(28-37)53-31-54(42-20-13-12-19-41(42)53)36-25-33(49(4,5)6)24-34(26-36)50(7,8)9/h12-30H,31H2,1-11H3. The quantitative estimate of drug-likeness (QED) is 0.176. The summed E-state index contributed by atoms with van der Waals surface area (Å²) >= 11 is 0. The highest BCUT2D eigenvalue weighted by molar-refractivity contribution is 6.16. The molecule has 0 amide bonds. The van der Waals surface area contributed by atoms with Crippen molar-refractivity contribution in [2.45, 2.75) is 97.8 Å². The summed E-state index contributed by atoms with van der Waals surface area (Å²) in [4.78, 5) is 9.81. The van der Waals surface area contributed by atoms with Crippen molar-refractivity contribution in [1.82, 2.24) is 9.55 Å². The number of fused-ring (bicyclic) bond motifs is 1. The Labute approximate surface area is 332 Å². The van der Waals surface area contributed by atoms with Crippen LogP contribution in [0.15, 0.2) is 115 Å². The zero-order valence-electron chi connectivity index (χ0n) is 34.9. The summed E-state index contributed by atoms with van der Waals surface area (Å²) in [5.74, 6) is 2.56. The number of para-hydroxylation sites is 2. The van der Waals surface area contributed by atoms with Gasteiger partial charge in [-0.1, -0.05) is 113 Å². The van der Waals surface area contributed by atoms with Crippen LogP contribution in [-0.4, -0.2) is 16.2 Å². The molecule has 56 heavy (non-hydrogen) atoms. The van der Waals surface area contributed by atoms with Crippen LogP contribution in [0.25, 0.3) is 27.6 Å². The van der Waals surface area contributed by atoms with Crippen LogP contribution in [0.4, 0.5) is 22.7 Å². The minimum atomic E-state index is -0.163. The van der Waals surface area contributed by atoms with Gasteiger partial charge in [0.25, 0.3) is 0 Å². The van der Waals surface area contributed by atoms with Gasteiger partial charge < -0.3 is 14.5 Å². The first-order valence-corrected chi connectivity index (χ1v) is 20.1. The molecule has 9 rings (SSSR count). The van der Waals surface area contributed by atoms with Gasteiger partial charge in [-0.15, -0.1) is 0 Å². The van der Waals surface area contributed by atoms with E-state index >= 15 is 0 Å². The molecule has 0 radical (unpaired) electrons. The fourth-order valence-corrected chi connectivity index (χ4v) is 8.77. The fourth-order valence-electron chi connectivity index (χ4n) is 8.77. The minimum absolute atomic E-state index is 0.00380. The van der Waals surface area contributed by atoms with Gasteiger partial charge in [0, 0.05) is 45.9 Å². The third-order valence-electron chi connectivity index (χ3n) is 12.1. The van der Waals surface area contributed by atoms with Crippen molar-refractivity contribution in [2.24, 2.45) is 0 Å². The predicted molar refractivity (Wildman–Crippen MR) is 235 cm³/mol. The summed E-state index contributed by atoms with van der Waals surface area (Å²) in [5, 5.41) is 2.61. The first kappa shape index (κ1) is 36.1. The van der Waals surface area contributed by atoms with E-state index in [0.717, 1.165) is 28.5 Å². The van der Waals surface area contributed by atoms with E-state index in [9.17, 15) is 0 Å². The number of anilines is 4. The summed E-state index contributed by atoms with van der Waals surface area (Å²) in [6, 6.07) is 40.0. The van der Waals surface area contributed by atoms with Crippen molar-refractivity contribution < 1.29 is 4.74 Å². The molecular weight excluding hydrogens is 685 g/mol. The molecule has 5 aromatic carbocycles. The lowest BCUT2D eigenvalue weighted by atomic mass is 9.80. The molecule has 0 saturated heterocycles. The van der Waals surface area contributed by atoms with Gasteiger partial charge in [0.2, 0.25) is 0 Å². The zero-order chi connectivity index (χ0) is 39.5. The average molecular weight is 739 g/mol. The Morgan fingerprint density at radius 1 is 0.536 bits per heavy atom. The maximum atomic E-state index is 6.91. The van der Waals surface area contributed by atoms with Gasteiger partial charge in [-0.05, 0) is 105 Å². The largest absolute Gasteiger partial charge is 0.457 e. The number of ether oxygens (including phenoxy) is 1. The maximum absolute atomic E-state index is 6.91. The lowest BCUT2D eigenvalue weighted by Crippen LogP contribution is -2.25. The lowest BCUT2D eigenvalue weighted by molar-refractivity contribution is 0.481. The summed E-state index contributed by atoms with van der Waals surface area (Å²) in [7, 11) is 0. The molecule has 5 heteroatoms. The Morgan fingerprint density at radius 2 is 1.16 bits per heavy atom. The highest BCUT2D eigenvalue weighted by atomic mass is 16.5. The molecule has 1 aliphatic heterocycles. The fraction of sp³-hybridized carbons (Fsp3) is 0.314. The minimum Gasteiger partial charge on any atom is -0.457 e. The maximum Gasteiger partial charge on any atom is 0.137 e. The first-order valence-electron chi connectivity index (χ1n) is 20.1. The Hall–Kier alpha value is -5.55. The number of hydrogen-bond acceptors (Lipinski definition) is 4. The van der Waals surface area contributed by atoms with E-state index in [4.69, 9.17) is 9.72 Å². The first-order chi connectivity index (χ1) is 26.4. The monoisotopic (exact) mass is 738 g/mol. The Bertz CT molecular complexity index is 2660. The number of aromatic nitrogens is 2. The van der Waals surface area contributed by atoms with Gasteiger partial charge in [0.1, 0.15) is 24.0 Å². The lowest BCUT2D eigenvalue weighted by Gasteiger charge is -2.29. The van der Waals surface area contributed by atoms with E-state index in [1.165, 1.54) is 61.2 Å². The summed E-state index contributed by atoms with van der Waals surface area (Å²) < 4.78 is 9.24. The predicted octanol–water partition coefficient (Wildman–Crippen LogP) is 13.8. The highest BCUT2D eigenvalue weighted by Gasteiger charge is 2.37. The third kappa shape index (κ3) is 5.77. The van der Waals surface area contributed by atoms with E-state index in [0.29, 0.717) is 6.67 Å². The van der Waals surface area contributed by atoms with Crippen molar-refractivity contribution in [3.8, 4) is 17.3 Å². The van der Waals surface area contributed by atoms with Gasteiger partial charge in [-0.25, -0.2) is 4.98 Å². The molecule has 0 fully saturated rings. The van der Waals surface area contributed by atoms with E-state index in [1.807, 2.05) is 6.20 Å². The van der Waals surface area contributed by atoms with Gasteiger partial charge in [0.15, 0.2) is 0 Å². The van der Waals surface area contributed by atoms with Crippen LogP contribution in [0.5, 0.6) is 11.5 Å². The molecule has 7 aromatic rings. The van der Waals surface area contributed by atoms with E-state index in [-0.39, 0.29) is 21.7 Å². The smallest absolute Gasteiger partial charge is 0.137 e. The molecule has 2 aliphatic rings.